The van der Waals surface area contributed by atoms with Gasteiger partial charge in [-0.3, -0.25) is 4.79 Å². The van der Waals surface area contributed by atoms with Gasteiger partial charge in [0.05, 0.1) is 5.75 Å². The smallest absolute Gasteiger partial charge is 0.142 e. The molecule has 0 radical (unpaired) electrons. The molecule has 0 aliphatic heterocycles. The first-order chi connectivity index (χ1) is 8.84. The third kappa shape index (κ3) is 4.85. The molecule has 1 aromatic rings. The number of thioether (sulfide) groups is 1. The van der Waals surface area contributed by atoms with E-state index in [0.717, 1.165) is 30.3 Å². The Bertz CT molecular complexity index is 355. The van der Waals surface area contributed by atoms with Crippen molar-refractivity contribution in [1.82, 2.24) is 0 Å². The van der Waals surface area contributed by atoms with Crippen LogP contribution in [0.4, 0.5) is 0 Å². The van der Waals surface area contributed by atoms with E-state index in [-0.39, 0.29) is 0 Å². The summed E-state index contributed by atoms with van der Waals surface area (Å²) in [6.07, 6.45) is 8.13. The predicted octanol–water partition coefficient (Wildman–Crippen LogP) is 4.25. The van der Waals surface area contributed by atoms with E-state index in [2.05, 4.69) is 24.3 Å². The van der Waals surface area contributed by atoms with Gasteiger partial charge in [-0.1, -0.05) is 43.2 Å². The topological polar surface area (TPSA) is 17.1 Å². The molecule has 0 bridgehead atoms. The molecule has 0 spiro atoms. The van der Waals surface area contributed by atoms with Crippen LogP contribution in [0.1, 0.15) is 44.1 Å². The number of rotatable bonds is 7. The van der Waals surface area contributed by atoms with Crippen molar-refractivity contribution in [2.75, 3.05) is 5.75 Å². The number of Topliss-reactive ketones (excluding diaryl/α,β-unsaturated/α-hetero) is 1. The number of benzene rings is 1. The molecule has 1 nitrogen and oxygen atoms in total. The Labute approximate surface area is 114 Å². The number of hydrogen-bond acceptors (Lipinski definition) is 2. The largest absolute Gasteiger partial charge is 0.299 e. The molecule has 0 amide bonds. The van der Waals surface area contributed by atoms with Crippen molar-refractivity contribution >= 4 is 17.5 Å². The number of carbonyl (C=O) groups excluding carboxylic acids is 1. The fourth-order valence-electron chi connectivity index (χ4n) is 2.47. The molecule has 1 saturated carbocycles. The molecule has 0 saturated heterocycles. The van der Waals surface area contributed by atoms with Crippen molar-refractivity contribution in [3.63, 3.8) is 0 Å². The zero-order valence-electron chi connectivity index (χ0n) is 10.9. The van der Waals surface area contributed by atoms with Crippen LogP contribution in [0.3, 0.4) is 0 Å². The van der Waals surface area contributed by atoms with E-state index in [9.17, 15) is 4.79 Å². The molecule has 0 heterocycles. The molecular formula is C16H22OS. The summed E-state index contributed by atoms with van der Waals surface area (Å²) in [7, 11) is 0. The van der Waals surface area contributed by atoms with Crippen molar-refractivity contribution in [2.24, 2.45) is 0 Å². The molecule has 0 atom stereocenters. The summed E-state index contributed by atoms with van der Waals surface area (Å²) in [5.74, 6) is 1.17. The van der Waals surface area contributed by atoms with Crippen molar-refractivity contribution in [1.29, 1.82) is 0 Å². The van der Waals surface area contributed by atoms with Crippen LogP contribution in [-0.2, 0) is 11.2 Å². The average molecular weight is 262 g/mol. The third-order valence-electron chi connectivity index (χ3n) is 3.55. The lowest BCUT2D eigenvalue weighted by molar-refractivity contribution is -0.116. The fourth-order valence-corrected chi connectivity index (χ4v) is 3.70. The summed E-state index contributed by atoms with van der Waals surface area (Å²) in [5, 5.41) is 0.767. The van der Waals surface area contributed by atoms with Gasteiger partial charge in [-0.25, -0.2) is 0 Å². The van der Waals surface area contributed by atoms with Crippen molar-refractivity contribution < 1.29 is 4.79 Å². The van der Waals surface area contributed by atoms with E-state index < -0.39 is 0 Å². The van der Waals surface area contributed by atoms with Gasteiger partial charge in [-0.15, -0.1) is 0 Å². The van der Waals surface area contributed by atoms with E-state index in [1.807, 2.05) is 17.8 Å². The van der Waals surface area contributed by atoms with Crippen molar-refractivity contribution in [2.45, 2.75) is 50.2 Å². The third-order valence-corrected chi connectivity index (χ3v) is 4.98. The lowest BCUT2D eigenvalue weighted by Crippen LogP contribution is -2.06. The highest BCUT2D eigenvalue weighted by Crippen LogP contribution is 2.29. The van der Waals surface area contributed by atoms with Gasteiger partial charge >= 0.3 is 0 Å². The number of ketones is 1. The summed E-state index contributed by atoms with van der Waals surface area (Å²) < 4.78 is 0. The predicted molar refractivity (Wildman–Crippen MR) is 79.1 cm³/mol. The Balaban J connectivity index is 1.57. The summed E-state index contributed by atoms with van der Waals surface area (Å²) in [6.45, 7) is 0. The van der Waals surface area contributed by atoms with Crippen LogP contribution < -0.4 is 0 Å². The van der Waals surface area contributed by atoms with Gasteiger partial charge < -0.3 is 0 Å². The van der Waals surface area contributed by atoms with Gasteiger partial charge in [0.15, 0.2) is 0 Å². The maximum atomic E-state index is 11.8. The molecule has 1 fully saturated rings. The lowest BCUT2D eigenvalue weighted by Gasteiger charge is -2.07. The number of carbonyl (C=O) groups is 1. The van der Waals surface area contributed by atoms with Gasteiger partial charge in [-0.05, 0) is 31.2 Å². The van der Waals surface area contributed by atoms with Crippen LogP contribution >= 0.6 is 11.8 Å². The summed E-state index contributed by atoms with van der Waals surface area (Å²) in [5.41, 5.74) is 1.34. The van der Waals surface area contributed by atoms with E-state index >= 15 is 0 Å². The summed E-state index contributed by atoms with van der Waals surface area (Å²) in [4.78, 5) is 11.8. The highest BCUT2D eigenvalue weighted by Gasteiger charge is 2.16. The quantitative estimate of drug-likeness (QED) is 0.730. The van der Waals surface area contributed by atoms with Crippen molar-refractivity contribution in [3.05, 3.63) is 35.9 Å². The first-order valence-corrected chi connectivity index (χ1v) is 8.07. The van der Waals surface area contributed by atoms with Crippen molar-refractivity contribution in [3.8, 4) is 0 Å². The summed E-state index contributed by atoms with van der Waals surface area (Å²) >= 11 is 1.89. The molecule has 98 valence electrons. The highest BCUT2D eigenvalue weighted by atomic mass is 32.2. The number of aryl methyl sites for hydroxylation is 1. The highest BCUT2D eigenvalue weighted by molar-refractivity contribution is 8.00. The Kier molecular flexibility index (Phi) is 5.79. The van der Waals surface area contributed by atoms with Crippen LogP contribution in [0.2, 0.25) is 0 Å². The molecule has 1 aliphatic carbocycles. The van der Waals surface area contributed by atoms with Crippen LogP contribution in [0, 0.1) is 0 Å². The van der Waals surface area contributed by atoms with E-state index in [4.69, 9.17) is 0 Å². The monoisotopic (exact) mass is 262 g/mol. The second-order valence-corrected chi connectivity index (χ2v) is 6.38. The zero-order valence-corrected chi connectivity index (χ0v) is 11.8. The SMILES string of the molecule is O=C(CCCc1ccccc1)CSC1CCCC1. The molecule has 1 aliphatic rings. The van der Waals surface area contributed by atoms with Crippen LogP contribution in [0.5, 0.6) is 0 Å². The van der Waals surface area contributed by atoms with Gasteiger partial charge in [0, 0.05) is 11.7 Å². The van der Waals surface area contributed by atoms with Gasteiger partial charge in [0.25, 0.3) is 0 Å². The Morgan fingerprint density at radius 2 is 1.89 bits per heavy atom. The molecule has 0 N–H and O–H groups in total. The maximum Gasteiger partial charge on any atom is 0.142 e. The standard InChI is InChI=1S/C16H22OS/c17-15(13-18-16-11-4-5-12-16)10-6-9-14-7-2-1-3-8-14/h1-3,7-8,16H,4-6,9-13H2. The van der Waals surface area contributed by atoms with Gasteiger partial charge in [-0.2, -0.15) is 11.8 Å². The summed E-state index contributed by atoms with van der Waals surface area (Å²) in [6, 6.07) is 10.4. The molecule has 2 rings (SSSR count). The molecule has 18 heavy (non-hydrogen) atoms. The minimum Gasteiger partial charge on any atom is -0.299 e. The molecule has 2 heteroatoms. The van der Waals surface area contributed by atoms with Gasteiger partial charge in [0.1, 0.15) is 5.78 Å². The van der Waals surface area contributed by atoms with Crippen LogP contribution in [-0.4, -0.2) is 16.8 Å². The minimum absolute atomic E-state index is 0.433. The van der Waals surface area contributed by atoms with Crippen LogP contribution in [0.25, 0.3) is 0 Å². The molecule has 0 aromatic heterocycles. The van der Waals surface area contributed by atoms with E-state index in [0.29, 0.717) is 5.78 Å². The minimum atomic E-state index is 0.433. The number of hydrogen-bond donors (Lipinski definition) is 0. The average Bonchev–Trinajstić information content (AvgIpc) is 2.91. The Hall–Kier alpha value is -0.760. The normalized spacial score (nSPS) is 16.0. The Morgan fingerprint density at radius 1 is 1.17 bits per heavy atom. The molecular weight excluding hydrogens is 240 g/mol. The van der Waals surface area contributed by atoms with E-state index in [1.54, 1.807) is 0 Å². The lowest BCUT2D eigenvalue weighted by atomic mass is 10.1. The van der Waals surface area contributed by atoms with Gasteiger partial charge in [0.2, 0.25) is 0 Å². The zero-order chi connectivity index (χ0) is 12.6. The fraction of sp³-hybridized carbons (Fsp3) is 0.562. The Morgan fingerprint density at radius 3 is 2.61 bits per heavy atom. The second kappa shape index (κ2) is 7.63. The first kappa shape index (κ1) is 13.7. The second-order valence-electron chi connectivity index (χ2n) is 5.10. The van der Waals surface area contributed by atoms with E-state index in [1.165, 1.54) is 31.2 Å². The molecule has 1 aromatic carbocycles. The van der Waals surface area contributed by atoms with Crippen LogP contribution in [0.15, 0.2) is 30.3 Å². The maximum absolute atomic E-state index is 11.8. The molecule has 0 unspecified atom stereocenters. The first-order valence-electron chi connectivity index (χ1n) is 7.02.